The third-order valence-corrected chi connectivity index (χ3v) is 5.84. The van der Waals surface area contributed by atoms with Crippen molar-refractivity contribution in [3.05, 3.63) is 35.9 Å². The second-order valence-electron chi connectivity index (χ2n) is 4.78. The molecule has 5 nitrogen and oxygen atoms in total. The second-order valence-corrected chi connectivity index (χ2v) is 7.64. The lowest BCUT2D eigenvalue weighted by atomic mass is 10.2. The molecular formula is C14H17NO4S2. The van der Waals surface area contributed by atoms with Gasteiger partial charge in [-0.1, -0.05) is 12.1 Å². The van der Waals surface area contributed by atoms with Gasteiger partial charge >= 0.3 is 5.97 Å². The monoisotopic (exact) mass is 327 g/mol. The zero-order valence-corrected chi connectivity index (χ0v) is 13.0. The summed E-state index contributed by atoms with van der Waals surface area (Å²) in [7, 11) is -3.51. The zero-order chi connectivity index (χ0) is 15.3. The van der Waals surface area contributed by atoms with E-state index in [1.807, 2.05) is 0 Å². The van der Waals surface area contributed by atoms with E-state index in [0.29, 0.717) is 5.56 Å². The van der Waals surface area contributed by atoms with Gasteiger partial charge in [-0.05, 0) is 42.4 Å². The van der Waals surface area contributed by atoms with Gasteiger partial charge in [0, 0.05) is 17.9 Å². The minimum Gasteiger partial charge on any atom is -0.478 e. The predicted octanol–water partition coefficient (Wildman–Crippen LogP) is 1.96. The van der Waals surface area contributed by atoms with Gasteiger partial charge < -0.3 is 5.11 Å². The Labute approximate surface area is 128 Å². The third kappa shape index (κ3) is 4.87. The van der Waals surface area contributed by atoms with Crippen LogP contribution in [0.3, 0.4) is 0 Å². The van der Waals surface area contributed by atoms with Crippen molar-refractivity contribution in [3.63, 3.8) is 0 Å². The molecule has 1 saturated heterocycles. The maximum Gasteiger partial charge on any atom is 0.328 e. The fraction of sp³-hybridized carbons (Fsp3) is 0.357. The zero-order valence-electron chi connectivity index (χ0n) is 11.4. The summed E-state index contributed by atoms with van der Waals surface area (Å²) in [5.74, 6) is 0.852. The van der Waals surface area contributed by atoms with Gasteiger partial charge in [-0.15, -0.1) is 0 Å². The highest BCUT2D eigenvalue weighted by molar-refractivity contribution is 7.99. The molecule has 114 valence electrons. The molecule has 1 aliphatic rings. The molecule has 0 aliphatic carbocycles. The molecule has 1 heterocycles. The van der Waals surface area contributed by atoms with Crippen LogP contribution >= 0.6 is 11.8 Å². The molecule has 0 spiro atoms. The lowest BCUT2D eigenvalue weighted by Gasteiger charge is -2.22. The Bertz CT molecular complexity index is 617. The average Bonchev–Trinajstić information content (AvgIpc) is 2.46. The lowest BCUT2D eigenvalue weighted by molar-refractivity contribution is -0.131. The Hall–Kier alpha value is -1.31. The number of thioether (sulfide) groups is 1. The quantitative estimate of drug-likeness (QED) is 0.808. The second kappa shape index (κ2) is 7.11. The number of aliphatic carboxylic acids is 1. The normalized spacial score (nSPS) is 19.7. The molecule has 1 aromatic carbocycles. The van der Waals surface area contributed by atoms with Gasteiger partial charge in [0.05, 0.1) is 4.90 Å². The Morgan fingerprint density at radius 1 is 1.33 bits per heavy atom. The summed E-state index contributed by atoms with van der Waals surface area (Å²) in [5, 5.41) is 8.55. The van der Waals surface area contributed by atoms with Crippen molar-refractivity contribution in [1.82, 2.24) is 4.72 Å². The summed E-state index contributed by atoms with van der Waals surface area (Å²) in [6.45, 7) is 0. The van der Waals surface area contributed by atoms with E-state index in [-0.39, 0.29) is 10.9 Å². The van der Waals surface area contributed by atoms with Gasteiger partial charge in [0.1, 0.15) is 0 Å². The fourth-order valence-corrected chi connectivity index (χ4v) is 4.49. The summed E-state index contributed by atoms with van der Waals surface area (Å²) >= 11 is 1.76. The molecule has 0 bridgehead atoms. The SMILES string of the molecule is O=C(O)/C=C/c1ccc(S(=O)(=O)NC2CCCSC2)cc1. The highest BCUT2D eigenvalue weighted by atomic mass is 32.2. The minimum absolute atomic E-state index is 0.0136. The van der Waals surface area contributed by atoms with E-state index >= 15 is 0 Å². The van der Waals surface area contributed by atoms with E-state index in [1.54, 1.807) is 23.9 Å². The molecule has 1 aliphatic heterocycles. The standard InChI is InChI=1S/C14H17NO4S2/c16-14(17)8-5-11-3-6-13(7-4-11)21(18,19)15-12-2-1-9-20-10-12/h3-8,12,15H,1-2,9-10H2,(H,16,17)/b8-5+. The fourth-order valence-electron chi connectivity index (χ4n) is 2.05. The van der Waals surface area contributed by atoms with E-state index in [2.05, 4.69) is 4.72 Å². The molecule has 21 heavy (non-hydrogen) atoms. The molecular weight excluding hydrogens is 310 g/mol. The summed E-state index contributed by atoms with van der Waals surface area (Å²) in [6, 6.07) is 6.13. The van der Waals surface area contributed by atoms with E-state index in [4.69, 9.17) is 5.11 Å². The van der Waals surface area contributed by atoms with Crippen LogP contribution in [-0.4, -0.2) is 37.0 Å². The van der Waals surface area contributed by atoms with Gasteiger partial charge in [-0.25, -0.2) is 17.9 Å². The van der Waals surface area contributed by atoms with Crippen molar-refractivity contribution in [1.29, 1.82) is 0 Å². The van der Waals surface area contributed by atoms with E-state index < -0.39 is 16.0 Å². The Morgan fingerprint density at radius 3 is 2.62 bits per heavy atom. The lowest BCUT2D eigenvalue weighted by Crippen LogP contribution is -2.38. The van der Waals surface area contributed by atoms with Crippen molar-refractivity contribution in [3.8, 4) is 0 Å². The molecule has 2 N–H and O–H groups in total. The molecule has 0 saturated carbocycles. The summed E-state index contributed by atoms with van der Waals surface area (Å²) in [6.07, 6.45) is 4.33. The van der Waals surface area contributed by atoms with Crippen molar-refractivity contribution in [2.24, 2.45) is 0 Å². The number of carboxylic acids is 1. The van der Waals surface area contributed by atoms with Crippen molar-refractivity contribution >= 4 is 33.8 Å². The highest BCUT2D eigenvalue weighted by Gasteiger charge is 2.21. The topological polar surface area (TPSA) is 83.5 Å². The van der Waals surface area contributed by atoms with E-state index in [1.165, 1.54) is 18.2 Å². The van der Waals surface area contributed by atoms with Crippen molar-refractivity contribution in [2.75, 3.05) is 11.5 Å². The first kappa shape index (κ1) is 16.1. The van der Waals surface area contributed by atoms with E-state index in [0.717, 1.165) is 30.4 Å². The molecule has 1 unspecified atom stereocenters. The number of carboxylic acid groups (broad SMARTS) is 1. The predicted molar refractivity (Wildman–Crippen MR) is 83.8 cm³/mol. The van der Waals surface area contributed by atoms with E-state index in [9.17, 15) is 13.2 Å². The minimum atomic E-state index is -3.51. The molecule has 1 fully saturated rings. The maximum absolute atomic E-state index is 12.2. The van der Waals surface area contributed by atoms with Crippen molar-refractivity contribution in [2.45, 2.75) is 23.8 Å². The Morgan fingerprint density at radius 2 is 2.05 bits per heavy atom. The van der Waals surface area contributed by atoms with Crippen LogP contribution in [0.2, 0.25) is 0 Å². The van der Waals surface area contributed by atoms with Gasteiger partial charge in [-0.2, -0.15) is 11.8 Å². The summed E-state index contributed by atoms with van der Waals surface area (Å²) < 4.78 is 27.2. The van der Waals surface area contributed by atoms with Gasteiger partial charge in [-0.3, -0.25) is 0 Å². The van der Waals surface area contributed by atoms with Crippen LogP contribution in [0.25, 0.3) is 6.08 Å². The summed E-state index contributed by atoms with van der Waals surface area (Å²) in [5.41, 5.74) is 0.643. The molecule has 0 aromatic heterocycles. The number of nitrogens with one attached hydrogen (secondary N) is 1. The Balaban J connectivity index is 2.07. The average molecular weight is 327 g/mol. The molecule has 0 radical (unpaired) electrons. The van der Waals surface area contributed by atoms with Gasteiger partial charge in [0.15, 0.2) is 0 Å². The van der Waals surface area contributed by atoms with Crippen molar-refractivity contribution < 1.29 is 18.3 Å². The number of sulfonamides is 1. The van der Waals surface area contributed by atoms with Crippen LogP contribution in [0, 0.1) is 0 Å². The smallest absolute Gasteiger partial charge is 0.328 e. The van der Waals surface area contributed by atoms with Crippen LogP contribution in [0.15, 0.2) is 35.2 Å². The number of hydrogen-bond donors (Lipinski definition) is 2. The maximum atomic E-state index is 12.2. The molecule has 0 amide bonds. The largest absolute Gasteiger partial charge is 0.478 e. The van der Waals surface area contributed by atoms with Gasteiger partial charge in [0.2, 0.25) is 10.0 Å². The first-order valence-electron chi connectivity index (χ1n) is 6.58. The first-order valence-corrected chi connectivity index (χ1v) is 9.22. The molecule has 2 rings (SSSR count). The number of hydrogen-bond acceptors (Lipinski definition) is 4. The van der Waals surface area contributed by atoms with Crippen LogP contribution in [-0.2, 0) is 14.8 Å². The number of benzene rings is 1. The summed E-state index contributed by atoms with van der Waals surface area (Å²) in [4.78, 5) is 10.6. The Kier molecular flexibility index (Phi) is 5.44. The highest BCUT2D eigenvalue weighted by Crippen LogP contribution is 2.19. The van der Waals surface area contributed by atoms with Crippen LogP contribution in [0.5, 0.6) is 0 Å². The number of rotatable bonds is 5. The molecule has 1 aromatic rings. The van der Waals surface area contributed by atoms with Crippen LogP contribution in [0.1, 0.15) is 18.4 Å². The third-order valence-electron chi connectivity index (χ3n) is 3.09. The molecule has 1 atom stereocenters. The van der Waals surface area contributed by atoms with Crippen LogP contribution in [0.4, 0.5) is 0 Å². The van der Waals surface area contributed by atoms with Gasteiger partial charge in [0.25, 0.3) is 0 Å². The first-order chi connectivity index (χ1) is 9.97. The molecule has 7 heteroatoms. The van der Waals surface area contributed by atoms with Crippen LogP contribution < -0.4 is 4.72 Å². The number of carbonyl (C=O) groups is 1.